The molecule has 32 heavy (non-hydrogen) atoms. The van der Waals surface area contributed by atoms with Gasteiger partial charge in [-0.3, -0.25) is 0 Å². The minimum atomic E-state index is -0.409. The van der Waals surface area contributed by atoms with Crippen molar-refractivity contribution in [1.29, 1.82) is 0 Å². The van der Waals surface area contributed by atoms with Crippen LogP contribution in [0.25, 0.3) is 21.5 Å². The number of carbonyl (C=O) groups excluding carboxylic acids is 2. The van der Waals surface area contributed by atoms with Gasteiger partial charge in [0.2, 0.25) is 0 Å². The molecule has 0 bridgehead atoms. The number of ether oxygens (including phenoxy) is 4. The Kier molecular flexibility index (Phi) is 8.31. The summed E-state index contributed by atoms with van der Waals surface area (Å²) < 4.78 is 22.3. The molecule has 0 aliphatic carbocycles. The van der Waals surface area contributed by atoms with E-state index in [9.17, 15) is 9.59 Å². The summed E-state index contributed by atoms with van der Waals surface area (Å²) in [6.45, 7) is 6.33. The zero-order valence-electron chi connectivity index (χ0n) is 18.9. The standard InChI is InChI=1S/C26H30O6/c1-4-13-29-23(27)16-31-25-19-9-7-8-10-20(19)26(32-17-24(28)30-14-5-2)22-15-18(6-3)11-12-21(22)25/h7-12,15H,4-6,13-14,16-17H2,1-3H3. The predicted molar refractivity (Wildman–Crippen MR) is 124 cm³/mol. The molecule has 0 radical (unpaired) electrons. The molecule has 0 N–H and O–H groups in total. The van der Waals surface area contributed by atoms with Crippen molar-refractivity contribution in [1.82, 2.24) is 0 Å². The smallest absolute Gasteiger partial charge is 0.344 e. The second-order valence-corrected chi connectivity index (χ2v) is 7.46. The number of hydrogen-bond acceptors (Lipinski definition) is 6. The fourth-order valence-electron chi connectivity index (χ4n) is 3.45. The Labute approximate surface area is 188 Å². The highest BCUT2D eigenvalue weighted by molar-refractivity contribution is 6.11. The van der Waals surface area contributed by atoms with Crippen molar-refractivity contribution in [2.75, 3.05) is 26.4 Å². The number of hydrogen-bond donors (Lipinski definition) is 0. The molecular weight excluding hydrogens is 408 g/mol. The number of fused-ring (bicyclic) bond motifs is 2. The Morgan fingerprint density at radius 3 is 1.69 bits per heavy atom. The normalized spacial score (nSPS) is 10.8. The van der Waals surface area contributed by atoms with Crippen LogP contribution in [-0.2, 0) is 25.5 Å². The second kappa shape index (κ2) is 11.4. The average Bonchev–Trinajstić information content (AvgIpc) is 2.82. The molecule has 3 aromatic carbocycles. The quantitative estimate of drug-likeness (QED) is 0.302. The lowest BCUT2D eigenvalue weighted by atomic mass is 9.98. The van der Waals surface area contributed by atoms with Crippen LogP contribution < -0.4 is 9.47 Å². The molecule has 0 saturated heterocycles. The van der Waals surface area contributed by atoms with Crippen LogP contribution in [0.3, 0.4) is 0 Å². The first kappa shape index (κ1) is 23.4. The summed E-state index contributed by atoms with van der Waals surface area (Å²) in [4.78, 5) is 24.1. The molecule has 0 fully saturated rings. The van der Waals surface area contributed by atoms with E-state index >= 15 is 0 Å². The van der Waals surface area contributed by atoms with Crippen molar-refractivity contribution in [2.24, 2.45) is 0 Å². The van der Waals surface area contributed by atoms with Gasteiger partial charge in [-0.15, -0.1) is 0 Å². The number of benzene rings is 3. The van der Waals surface area contributed by atoms with Gasteiger partial charge >= 0.3 is 11.9 Å². The summed E-state index contributed by atoms with van der Waals surface area (Å²) in [5.41, 5.74) is 1.12. The lowest BCUT2D eigenvalue weighted by Gasteiger charge is -2.18. The van der Waals surface area contributed by atoms with Gasteiger partial charge in [0.1, 0.15) is 11.5 Å². The van der Waals surface area contributed by atoms with Crippen molar-refractivity contribution in [2.45, 2.75) is 40.0 Å². The van der Waals surface area contributed by atoms with E-state index in [0.717, 1.165) is 46.4 Å². The topological polar surface area (TPSA) is 71.1 Å². The van der Waals surface area contributed by atoms with E-state index in [2.05, 4.69) is 6.92 Å². The SMILES string of the molecule is CCCOC(=O)COc1c2ccccc2c(OCC(=O)OCCC)c2cc(CC)ccc12. The molecule has 0 amide bonds. The Morgan fingerprint density at radius 2 is 1.19 bits per heavy atom. The summed E-state index contributed by atoms with van der Waals surface area (Å²) in [5.74, 6) is 0.371. The summed E-state index contributed by atoms with van der Waals surface area (Å²) in [7, 11) is 0. The fourth-order valence-corrected chi connectivity index (χ4v) is 3.45. The maximum absolute atomic E-state index is 12.1. The van der Waals surface area contributed by atoms with Gasteiger partial charge in [-0.1, -0.05) is 57.2 Å². The van der Waals surface area contributed by atoms with E-state index in [-0.39, 0.29) is 13.2 Å². The molecule has 0 atom stereocenters. The van der Waals surface area contributed by atoms with Gasteiger partial charge in [0, 0.05) is 21.5 Å². The van der Waals surface area contributed by atoms with Crippen molar-refractivity contribution >= 4 is 33.5 Å². The van der Waals surface area contributed by atoms with Crippen LogP contribution in [0, 0.1) is 0 Å². The lowest BCUT2D eigenvalue weighted by Crippen LogP contribution is -2.16. The van der Waals surface area contributed by atoms with Crippen molar-refractivity contribution < 1.29 is 28.5 Å². The summed E-state index contributed by atoms with van der Waals surface area (Å²) in [5, 5.41) is 3.22. The van der Waals surface area contributed by atoms with E-state index in [1.165, 1.54) is 0 Å². The predicted octanol–water partition coefficient (Wildman–Crippen LogP) is 5.22. The first-order chi connectivity index (χ1) is 15.6. The average molecular weight is 439 g/mol. The van der Waals surface area contributed by atoms with Crippen LogP contribution in [0.1, 0.15) is 39.2 Å². The van der Waals surface area contributed by atoms with Crippen LogP contribution in [-0.4, -0.2) is 38.4 Å². The molecule has 0 aliphatic rings. The van der Waals surface area contributed by atoms with Gasteiger partial charge in [-0.05, 0) is 30.9 Å². The summed E-state index contributed by atoms with van der Waals surface area (Å²) in [6, 6.07) is 13.7. The molecule has 0 heterocycles. The molecule has 3 aromatic rings. The number of carbonyl (C=O) groups is 2. The van der Waals surface area contributed by atoms with Crippen LogP contribution in [0.5, 0.6) is 11.5 Å². The Balaban J connectivity index is 2.05. The second-order valence-electron chi connectivity index (χ2n) is 7.46. The largest absolute Gasteiger partial charge is 0.481 e. The van der Waals surface area contributed by atoms with Gasteiger partial charge < -0.3 is 18.9 Å². The molecule has 6 nitrogen and oxygen atoms in total. The Hall–Kier alpha value is -3.28. The molecule has 0 spiro atoms. The number of aryl methyl sites for hydroxylation is 1. The molecule has 0 unspecified atom stereocenters. The van der Waals surface area contributed by atoms with E-state index in [0.29, 0.717) is 24.7 Å². The van der Waals surface area contributed by atoms with Crippen LogP contribution >= 0.6 is 0 Å². The van der Waals surface area contributed by atoms with Crippen molar-refractivity contribution in [3.05, 3.63) is 48.0 Å². The highest BCUT2D eigenvalue weighted by Gasteiger charge is 2.18. The highest BCUT2D eigenvalue weighted by Crippen LogP contribution is 2.43. The molecule has 0 aromatic heterocycles. The zero-order chi connectivity index (χ0) is 22.9. The third-order valence-electron chi connectivity index (χ3n) is 5.00. The summed E-state index contributed by atoms with van der Waals surface area (Å²) in [6.07, 6.45) is 2.36. The van der Waals surface area contributed by atoms with Crippen molar-refractivity contribution in [3.8, 4) is 11.5 Å². The minimum absolute atomic E-state index is 0.182. The zero-order valence-corrected chi connectivity index (χ0v) is 18.9. The lowest BCUT2D eigenvalue weighted by molar-refractivity contribution is -0.146. The maximum atomic E-state index is 12.1. The fraction of sp³-hybridized carbons (Fsp3) is 0.385. The summed E-state index contributed by atoms with van der Waals surface area (Å²) >= 11 is 0. The third-order valence-corrected chi connectivity index (χ3v) is 5.00. The van der Waals surface area contributed by atoms with Crippen LogP contribution in [0.4, 0.5) is 0 Å². The first-order valence-electron chi connectivity index (χ1n) is 11.1. The first-order valence-corrected chi connectivity index (χ1v) is 11.1. The van der Waals surface area contributed by atoms with E-state index in [1.54, 1.807) is 0 Å². The molecule has 0 aliphatic heterocycles. The van der Waals surface area contributed by atoms with E-state index < -0.39 is 11.9 Å². The van der Waals surface area contributed by atoms with Crippen molar-refractivity contribution in [3.63, 3.8) is 0 Å². The van der Waals surface area contributed by atoms with Gasteiger partial charge in [0.05, 0.1) is 13.2 Å². The maximum Gasteiger partial charge on any atom is 0.344 e. The third kappa shape index (κ3) is 5.49. The van der Waals surface area contributed by atoms with Gasteiger partial charge in [0.25, 0.3) is 0 Å². The molecular formula is C26H30O6. The molecule has 6 heteroatoms. The monoisotopic (exact) mass is 438 g/mol. The molecule has 3 rings (SSSR count). The van der Waals surface area contributed by atoms with E-state index in [1.807, 2.05) is 56.3 Å². The van der Waals surface area contributed by atoms with Gasteiger partial charge in [-0.2, -0.15) is 0 Å². The van der Waals surface area contributed by atoms with Gasteiger partial charge in [0.15, 0.2) is 13.2 Å². The molecule has 0 saturated carbocycles. The Morgan fingerprint density at radius 1 is 0.688 bits per heavy atom. The van der Waals surface area contributed by atoms with Gasteiger partial charge in [-0.25, -0.2) is 9.59 Å². The highest BCUT2D eigenvalue weighted by atomic mass is 16.6. The van der Waals surface area contributed by atoms with Crippen LogP contribution in [0.2, 0.25) is 0 Å². The number of esters is 2. The number of rotatable bonds is 11. The minimum Gasteiger partial charge on any atom is -0.481 e. The molecule has 170 valence electrons. The van der Waals surface area contributed by atoms with E-state index in [4.69, 9.17) is 18.9 Å². The van der Waals surface area contributed by atoms with Crippen LogP contribution in [0.15, 0.2) is 42.5 Å². The Bertz CT molecular complexity index is 1090.